The van der Waals surface area contributed by atoms with Gasteiger partial charge >= 0.3 is 5.63 Å². The topological polar surface area (TPSA) is 91.7 Å². The number of carbonyl (C=O) groups excluding carboxylic acids is 2. The molecule has 2 aromatic carbocycles. The number of halogens is 2. The highest BCUT2D eigenvalue weighted by molar-refractivity contribution is 6.36. The van der Waals surface area contributed by atoms with Gasteiger partial charge in [-0.3, -0.25) is 14.5 Å². The normalized spacial score (nSPS) is 11.0. The number of benzene rings is 2. The van der Waals surface area contributed by atoms with Gasteiger partial charge in [0.25, 0.3) is 0 Å². The van der Waals surface area contributed by atoms with Gasteiger partial charge < -0.3 is 15.1 Å². The van der Waals surface area contributed by atoms with E-state index in [-0.39, 0.29) is 18.4 Å². The lowest BCUT2D eigenvalue weighted by Crippen LogP contribution is -2.33. The first-order valence-electron chi connectivity index (χ1n) is 10.1. The van der Waals surface area contributed by atoms with E-state index < -0.39 is 5.63 Å². The van der Waals surface area contributed by atoms with E-state index in [2.05, 4.69) is 10.6 Å². The molecule has 7 nitrogen and oxygen atoms in total. The largest absolute Gasteiger partial charge is 0.423 e. The fourth-order valence-corrected chi connectivity index (χ4v) is 3.85. The zero-order valence-electron chi connectivity index (χ0n) is 17.7. The van der Waals surface area contributed by atoms with Crippen LogP contribution in [0.4, 0.5) is 11.4 Å². The lowest BCUT2D eigenvalue weighted by Gasteiger charge is -2.22. The molecule has 0 bridgehead atoms. The molecule has 0 atom stereocenters. The second kappa shape index (κ2) is 10.6. The molecule has 0 aliphatic rings. The highest BCUT2D eigenvalue weighted by Gasteiger charge is 2.15. The molecule has 9 heteroatoms. The second-order valence-corrected chi connectivity index (χ2v) is 8.21. The lowest BCUT2D eigenvalue weighted by molar-refractivity contribution is -0.117. The summed E-state index contributed by atoms with van der Waals surface area (Å²) >= 11 is 12.0. The van der Waals surface area contributed by atoms with Gasteiger partial charge in [-0.15, -0.1) is 0 Å². The van der Waals surface area contributed by atoms with Gasteiger partial charge in [-0.05, 0) is 48.9 Å². The fraction of sp³-hybridized carbons (Fsp3) is 0.261. The predicted molar refractivity (Wildman–Crippen MR) is 127 cm³/mol. The molecule has 0 saturated carbocycles. The minimum Gasteiger partial charge on any atom is -0.423 e. The van der Waals surface area contributed by atoms with Crippen LogP contribution in [0.15, 0.2) is 51.7 Å². The van der Waals surface area contributed by atoms with E-state index in [0.717, 1.165) is 17.4 Å². The molecule has 0 spiro atoms. The average Bonchev–Trinajstić information content (AvgIpc) is 2.69. The van der Waals surface area contributed by atoms with Crippen LogP contribution in [0, 0.1) is 0 Å². The van der Waals surface area contributed by atoms with Gasteiger partial charge in [0.2, 0.25) is 11.8 Å². The Bertz CT molecular complexity index is 1210. The van der Waals surface area contributed by atoms with Crippen molar-refractivity contribution in [3.05, 3.63) is 68.5 Å². The van der Waals surface area contributed by atoms with Crippen LogP contribution in [0.25, 0.3) is 11.0 Å². The summed E-state index contributed by atoms with van der Waals surface area (Å²) in [5, 5.41) is 7.04. The van der Waals surface area contributed by atoms with E-state index in [4.69, 9.17) is 27.6 Å². The number of nitrogens with zero attached hydrogens (tertiary/aromatic N) is 1. The molecule has 1 heterocycles. The molecule has 0 fully saturated rings. The molecular formula is C23H23Cl2N3O4. The van der Waals surface area contributed by atoms with Crippen molar-refractivity contribution < 1.29 is 14.0 Å². The molecule has 0 aliphatic carbocycles. The third-order valence-electron chi connectivity index (χ3n) is 4.66. The Morgan fingerprint density at radius 3 is 2.53 bits per heavy atom. The van der Waals surface area contributed by atoms with Gasteiger partial charge in [0.05, 0.1) is 17.3 Å². The maximum absolute atomic E-state index is 12.6. The van der Waals surface area contributed by atoms with Crippen LogP contribution in [0.1, 0.15) is 25.8 Å². The molecule has 0 unspecified atom stereocenters. The van der Waals surface area contributed by atoms with E-state index in [1.807, 2.05) is 11.8 Å². The van der Waals surface area contributed by atoms with Crippen molar-refractivity contribution in [1.82, 2.24) is 4.90 Å². The summed E-state index contributed by atoms with van der Waals surface area (Å²) in [5.41, 5.74) is 1.62. The zero-order valence-corrected chi connectivity index (χ0v) is 19.2. The molecule has 3 aromatic rings. The molecule has 0 radical (unpaired) electrons. The summed E-state index contributed by atoms with van der Waals surface area (Å²) in [6, 6.07) is 11.4. The van der Waals surface area contributed by atoms with Crippen molar-refractivity contribution in [2.45, 2.75) is 26.8 Å². The van der Waals surface area contributed by atoms with Gasteiger partial charge in [0.1, 0.15) is 5.58 Å². The van der Waals surface area contributed by atoms with Gasteiger partial charge in [-0.25, -0.2) is 4.79 Å². The van der Waals surface area contributed by atoms with Crippen molar-refractivity contribution in [3.8, 4) is 0 Å². The predicted octanol–water partition coefficient (Wildman–Crippen LogP) is 4.91. The lowest BCUT2D eigenvalue weighted by atomic mass is 10.1. The first-order valence-corrected chi connectivity index (χ1v) is 10.8. The standard InChI is InChI=1S/C23H23Cl2N3O4/c1-3-8-28(13-22(30)27-20-7-4-16(24)10-19(20)25)12-15-9-23(31)32-21-11-17(26-14(2)29)5-6-18(15)21/h4-7,9-11H,3,8,12-13H2,1-2H3,(H,26,29)(H,27,30). The van der Waals surface area contributed by atoms with Crippen LogP contribution in [0.2, 0.25) is 10.0 Å². The second-order valence-electron chi connectivity index (χ2n) is 7.37. The van der Waals surface area contributed by atoms with E-state index in [0.29, 0.717) is 40.1 Å². The Balaban J connectivity index is 1.80. The number of carbonyl (C=O) groups is 2. The van der Waals surface area contributed by atoms with E-state index in [1.54, 1.807) is 36.4 Å². The monoisotopic (exact) mass is 475 g/mol. The van der Waals surface area contributed by atoms with Crippen LogP contribution in [-0.2, 0) is 16.1 Å². The number of anilines is 2. The molecule has 2 N–H and O–H groups in total. The first kappa shape index (κ1) is 23.8. The number of amides is 2. The minimum atomic E-state index is -0.499. The average molecular weight is 476 g/mol. The van der Waals surface area contributed by atoms with Gasteiger partial charge in [-0.2, -0.15) is 0 Å². The van der Waals surface area contributed by atoms with Crippen molar-refractivity contribution in [3.63, 3.8) is 0 Å². The Morgan fingerprint density at radius 1 is 1.06 bits per heavy atom. The Kier molecular flexibility index (Phi) is 7.90. The van der Waals surface area contributed by atoms with Crippen LogP contribution in [0.5, 0.6) is 0 Å². The molecule has 168 valence electrons. The van der Waals surface area contributed by atoms with Crippen LogP contribution in [-0.4, -0.2) is 29.8 Å². The molecule has 0 saturated heterocycles. The summed E-state index contributed by atoms with van der Waals surface area (Å²) in [6.07, 6.45) is 0.820. The van der Waals surface area contributed by atoms with Crippen molar-refractivity contribution in [2.75, 3.05) is 23.7 Å². The summed E-state index contributed by atoms with van der Waals surface area (Å²) in [5.74, 6) is -0.452. The Hall–Kier alpha value is -2.87. The minimum absolute atomic E-state index is 0.110. The smallest absolute Gasteiger partial charge is 0.336 e. The molecule has 3 rings (SSSR count). The third kappa shape index (κ3) is 6.32. The van der Waals surface area contributed by atoms with Crippen molar-refractivity contribution in [2.24, 2.45) is 0 Å². The number of rotatable bonds is 8. The highest BCUT2D eigenvalue weighted by Crippen LogP contribution is 2.26. The van der Waals surface area contributed by atoms with Crippen molar-refractivity contribution >= 4 is 57.4 Å². The maximum atomic E-state index is 12.6. The quantitative estimate of drug-likeness (QED) is 0.451. The summed E-state index contributed by atoms with van der Waals surface area (Å²) in [6.45, 7) is 4.54. The van der Waals surface area contributed by atoms with Gasteiger partial charge in [-0.1, -0.05) is 30.1 Å². The van der Waals surface area contributed by atoms with E-state index >= 15 is 0 Å². The fourth-order valence-electron chi connectivity index (χ4n) is 3.40. The third-order valence-corrected chi connectivity index (χ3v) is 5.20. The summed E-state index contributed by atoms with van der Waals surface area (Å²) in [4.78, 5) is 38.0. The Labute approximate surface area is 195 Å². The van der Waals surface area contributed by atoms with Gasteiger partial charge in [0, 0.05) is 41.7 Å². The molecule has 32 heavy (non-hydrogen) atoms. The van der Waals surface area contributed by atoms with Gasteiger partial charge in [0.15, 0.2) is 0 Å². The SMILES string of the molecule is CCCN(CC(=O)Nc1ccc(Cl)cc1Cl)Cc1cc(=O)oc2cc(NC(C)=O)ccc12. The molecule has 0 aliphatic heterocycles. The number of fused-ring (bicyclic) bond motifs is 1. The molecule has 2 amide bonds. The van der Waals surface area contributed by atoms with Crippen LogP contribution >= 0.6 is 23.2 Å². The van der Waals surface area contributed by atoms with Crippen LogP contribution in [0.3, 0.4) is 0 Å². The highest BCUT2D eigenvalue weighted by atomic mass is 35.5. The summed E-state index contributed by atoms with van der Waals surface area (Å²) < 4.78 is 5.32. The van der Waals surface area contributed by atoms with E-state index in [9.17, 15) is 14.4 Å². The molecule has 1 aromatic heterocycles. The number of hydrogen-bond acceptors (Lipinski definition) is 5. The number of hydrogen-bond donors (Lipinski definition) is 2. The zero-order chi connectivity index (χ0) is 23.3. The van der Waals surface area contributed by atoms with E-state index in [1.165, 1.54) is 13.0 Å². The van der Waals surface area contributed by atoms with Crippen molar-refractivity contribution in [1.29, 1.82) is 0 Å². The maximum Gasteiger partial charge on any atom is 0.336 e. The summed E-state index contributed by atoms with van der Waals surface area (Å²) in [7, 11) is 0. The molecular weight excluding hydrogens is 453 g/mol. The van der Waals surface area contributed by atoms with Crippen LogP contribution < -0.4 is 16.3 Å². The first-order chi connectivity index (χ1) is 15.2. The Morgan fingerprint density at radius 2 is 1.84 bits per heavy atom. The number of nitrogens with one attached hydrogen (secondary N) is 2.